The van der Waals surface area contributed by atoms with Crippen LogP contribution in [-0.4, -0.2) is 59.1 Å². The number of anilines is 1. The first-order valence-electron chi connectivity index (χ1n) is 6.27. The Bertz CT molecular complexity index is 432. The van der Waals surface area contributed by atoms with Gasteiger partial charge in [0.05, 0.1) is 11.4 Å². The molecule has 6 heteroatoms. The third-order valence-electron chi connectivity index (χ3n) is 3.68. The third kappa shape index (κ3) is 2.33. The van der Waals surface area contributed by atoms with Crippen molar-refractivity contribution in [2.24, 2.45) is 0 Å². The molecule has 1 amide bonds. The van der Waals surface area contributed by atoms with Crippen LogP contribution >= 0.6 is 0 Å². The second-order valence-electron chi connectivity index (χ2n) is 5.10. The fourth-order valence-electron chi connectivity index (χ4n) is 2.34. The van der Waals surface area contributed by atoms with Crippen LogP contribution in [0.2, 0.25) is 0 Å². The van der Waals surface area contributed by atoms with E-state index in [9.17, 15) is 4.79 Å². The lowest BCUT2D eigenvalue weighted by atomic mass is 10.0. The van der Waals surface area contributed by atoms with Crippen LogP contribution < -0.4 is 5.73 Å². The van der Waals surface area contributed by atoms with Gasteiger partial charge < -0.3 is 15.5 Å². The standard InChI is InChI=1S/C12H21N5O/c1-8-10(13)11(15-14-8)12(18)17-6-4-9(5-7-17)16(2)3/h9H,4-7,13H2,1-3H3,(H,14,15). The Morgan fingerprint density at radius 2 is 2.06 bits per heavy atom. The summed E-state index contributed by atoms with van der Waals surface area (Å²) in [6.45, 7) is 3.36. The molecule has 1 aromatic rings. The fourth-order valence-corrected chi connectivity index (χ4v) is 2.34. The molecule has 0 unspecified atom stereocenters. The molecule has 3 N–H and O–H groups in total. The number of carbonyl (C=O) groups excluding carboxylic acids is 1. The molecule has 18 heavy (non-hydrogen) atoms. The molecule has 2 rings (SSSR count). The van der Waals surface area contributed by atoms with Gasteiger partial charge in [-0.1, -0.05) is 0 Å². The Morgan fingerprint density at radius 3 is 2.50 bits per heavy atom. The first-order chi connectivity index (χ1) is 8.50. The predicted molar refractivity (Wildman–Crippen MR) is 70.3 cm³/mol. The summed E-state index contributed by atoms with van der Waals surface area (Å²) in [6.07, 6.45) is 2.00. The number of nitrogens with one attached hydrogen (secondary N) is 1. The van der Waals surface area contributed by atoms with Gasteiger partial charge in [-0.3, -0.25) is 9.89 Å². The van der Waals surface area contributed by atoms with E-state index in [1.54, 1.807) is 0 Å². The molecule has 1 aromatic heterocycles. The van der Waals surface area contributed by atoms with Crippen molar-refractivity contribution in [2.45, 2.75) is 25.8 Å². The average molecular weight is 251 g/mol. The van der Waals surface area contributed by atoms with Crippen LogP contribution in [0.15, 0.2) is 0 Å². The van der Waals surface area contributed by atoms with Crippen molar-refractivity contribution in [1.82, 2.24) is 20.0 Å². The summed E-state index contributed by atoms with van der Waals surface area (Å²) in [6, 6.07) is 0.562. The van der Waals surface area contributed by atoms with Crippen LogP contribution in [0.4, 0.5) is 5.69 Å². The van der Waals surface area contributed by atoms with Crippen LogP contribution in [0.3, 0.4) is 0 Å². The first kappa shape index (κ1) is 12.9. The van der Waals surface area contributed by atoms with E-state index < -0.39 is 0 Å². The molecule has 1 saturated heterocycles. The number of carbonyl (C=O) groups is 1. The van der Waals surface area contributed by atoms with Gasteiger partial charge in [0.1, 0.15) is 0 Å². The molecule has 0 bridgehead atoms. The lowest BCUT2D eigenvalue weighted by molar-refractivity contribution is 0.0658. The van der Waals surface area contributed by atoms with Crippen LogP contribution in [0.5, 0.6) is 0 Å². The van der Waals surface area contributed by atoms with Crippen LogP contribution in [0.1, 0.15) is 29.0 Å². The van der Waals surface area contributed by atoms with E-state index in [4.69, 9.17) is 5.73 Å². The highest BCUT2D eigenvalue weighted by Crippen LogP contribution is 2.19. The minimum atomic E-state index is -0.0611. The van der Waals surface area contributed by atoms with Crippen molar-refractivity contribution in [3.05, 3.63) is 11.4 Å². The number of nitrogens with two attached hydrogens (primary N) is 1. The highest BCUT2D eigenvalue weighted by atomic mass is 16.2. The number of piperidine rings is 1. The predicted octanol–water partition coefficient (Wildman–Crippen LogP) is 0.467. The number of aryl methyl sites for hydroxylation is 1. The van der Waals surface area contributed by atoms with Crippen molar-refractivity contribution in [3.63, 3.8) is 0 Å². The molecule has 1 fully saturated rings. The Labute approximate surface area is 107 Å². The molecule has 0 aliphatic carbocycles. The number of hydrogen-bond donors (Lipinski definition) is 2. The highest BCUT2D eigenvalue weighted by molar-refractivity contribution is 5.97. The van der Waals surface area contributed by atoms with Gasteiger partial charge in [0.2, 0.25) is 0 Å². The molecular weight excluding hydrogens is 230 g/mol. The van der Waals surface area contributed by atoms with Crippen molar-refractivity contribution in [1.29, 1.82) is 0 Å². The number of likely N-dealkylation sites (tertiary alicyclic amines) is 1. The molecule has 1 aliphatic heterocycles. The first-order valence-corrected chi connectivity index (χ1v) is 6.27. The van der Waals surface area contributed by atoms with Gasteiger partial charge in [-0.15, -0.1) is 0 Å². The molecule has 0 radical (unpaired) electrons. The van der Waals surface area contributed by atoms with E-state index >= 15 is 0 Å². The van der Waals surface area contributed by atoms with Gasteiger partial charge in [0, 0.05) is 19.1 Å². The monoisotopic (exact) mass is 251 g/mol. The number of nitrogens with zero attached hydrogens (tertiary/aromatic N) is 3. The zero-order valence-electron chi connectivity index (χ0n) is 11.2. The topological polar surface area (TPSA) is 78.2 Å². The molecule has 1 aliphatic rings. The molecule has 0 aromatic carbocycles. The summed E-state index contributed by atoms with van der Waals surface area (Å²) < 4.78 is 0. The maximum atomic E-state index is 12.3. The maximum Gasteiger partial charge on any atom is 0.276 e. The molecule has 2 heterocycles. The second-order valence-corrected chi connectivity index (χ2v) is 5.10. The van der Waals surface area contributed by atoms with Crippen LogP contribution in [0.25, 0.3) is 0 Å². The van der Waals surface area contributed by atoms with Crippen molar-refractivity contribution >= 4 is 11.6 Å². The number of hydrogen-bond acceptors (Lipinski definition) is 4. The van der Waals surface area contributed by atoms with Gasteiger partial charge in [-0.2, -0.15) is 5.10 Å². The minimum Gasteiger partial charge on any atom is -0.395 e. The molecule has 100 valence electrons. The second kappa shape index (κ2) is 4.97. The van der Waals surface area contributed by atoms with E-state index in [2.05, 4.69) is 29.2 Å². The molecular formula is C12H21N5O. The van der Waals surface area contributed by atoms with Gasteiger partial charge in [0.15, 0.2) is 5.69 Å². The van der Waals surface area contributed by atoms with E-state index in [-0.39, 0.29) is 5.91 Å². The smallest absolute Gasteiger partial charge is 0.276 e. The van der Waals surface area contributed by atoms with Crippen LogP contribution in [-0.2, 0) is 0 Å². The fraction of sp³-hybridized carbons (Fsp3) is 0.667. The summed E-state index contributed by atoms with van der Waals surface area (Å²) in [5.41, 5.74) is 7.41. The van der Waals surface area contributed by atoms with E-state index in [0.29, 0.717) is 17.4 Å². The quantitative estimate of drug-likeness (QED) is 0.800. The minimum absolute atomic E-state index is 0.0611. The third-order valence-corrected chi connectivity index (χ3v) is 3.68. The highest BCUT2D eigenvalue weighted by Gasteiger charge is 2.27. The SMILES string of the molecule is Cc1[nH]nc(C(=O)N2CCC(N(C)C)CC2)c1N. The number of amides is 1. The van der Waals surface area contributed by atoms with Crippen LogP contribution in [0, 0.1) is 6.92 Å². The van der Waals surface area contributed by atoms with Gasteiger partial charge >= 0.3 is 0 Å². The molecule has 6 nitrogen and oxygen atoms in total. The maximum absolute atomic E-state index is 12.3. The van der Waals surface area contributed by atoms with Gasteiger partial charge in [0.25, 0.3) is 5.91 Å². The number of H-pyrrole nitrogens is 1. The average Bonchev–Trinajstić information content (AvgIpc) is 2.69. The van der Waals surface area contributed by atoms with Gasteiger partial charge in [-0.05, 0) is 33.9 Å². The summed E-state index contributed by atoms with van der Waals surface area (Å²) >= 11 is 0. The van der Waals surface area contributed by atoms with E-state index in [1.807, 2.05) is 11.8 Å². The Balaban J connectivity index is 2.02. The van der Waals surface area contributed by atoms with Crippen molar-refractivity contribution in [2.75, 3.05) is 32.9 Å². The zero-order valence-corrected chi connectivity index (χ0v) is 11.2. The Hall–Kier alpha value is -1.56. The Morgan fingerprint density at radius 1 is 1.44 bits per heavy atom. The number of rotatable bonds is 2. The summed E-state index contributed by atoms with van der Waals surface area (Å²) in [7, 11) is 4.16. The number of aromatic nitrogens is 2. The van der Waals surface area contributed by atoms with E-state index in [1.165, 1.54) is 0 Å². The molecule has 0 atom stereocenters. The zero-order chi connectivity index (χ0) is 13.3. The molecule has 0 saturated carbocycles. The van der Waals surface area contributed by atoms with E-state index in [0.717, 1.165) is 31.6 Å². The lowest BCUT2D eigenvalue weighted by Gasteiger charge is -2.34. The summed E-state index contributed by atoms with van der Waals surface area (Å²) in [5, 5.41) is 6.75. The Kier molecular flexibility index (Phi) is 3.56. The number of nitrogen functional groups attached to an aromatic ring is 1. The normalized spacial score (nSPS) is 17.4. The summed E-state index contributed by atoms with van der Waals surface area (Å²) in [4.78, 5) is 16.3. The van der Waals surface area contributed by atoms with Crippen molar-refractivity contribution < 1.29 is 4.79 Å². The largest absolute Gasteiger partial charge is 0.395 e. The lowest BCUT2D eigenvalue weighted by Crippen LogP contribution is -2.44. The van der Waals surface area contributed by atoms with Gasteiger partial charge in [-0.25, -0.2) is 0 Å². The summed E-state index contributed by atoms with van der Waals surface area (Å²) in [5.74, 6) is -0.0611. The van der Waals surface area contributed by atoms with Crippen molar-refractivity contribution in [3.8, 4) is 0 Å². The molecule has 0 spiro atoms. The number of aromatic amines is 1.